The van der Waals surface area contributed by atoms with E-state index in [0.29, 0.717) is 11.9 Å². The van der Waals surface area contributed by atoms with Gasteiger partial charge in [0.25, 0.3) is 0 Å². The van der Waals surface area contributed by atoms with E-state index in [1.807, 2.05) is 0 Å². The molecule has 18 heavy (non-hydrogen) atoms. The number of alkyl halides is 1. The molecule has 0 N–H and O–H groups in total. The minimum atomic E-state index is 0.553. The Kier molecular flexibility index (Phi) is 4.87. The van der Waals surface area contributed by atoms with Crippen LogP contribution in [0, 0.1) is 6.92 Å². The molecule has 1 aromatic rings. The number of halogens is 1. The number of pyridine rings is 1. The molecule has 1 atom stereocenters. The van der Waals surface area contributed by atoms with E-state index in [1.54, 1.807) is 0 Å². The van der Waals surface area contributed by atoms with Crippen LogP contribution in [0.2, 0.25) is 0 Å². The van der Waals surface area contributed by atoms with Crippen LogP contribution in [0.4, 0.5) is 5.82 Å². The number of aryl methyl sites for hydroxylation is 1. The van der Waals surface area contributed by atoms with Crippen molar-refractivity contribution in [3.8, 4) is 0 Å². The fourth-order valence-electron chi connectivity index (χ4n) is 2.81. The van der Waals surface area contributed by atoms with Gasteiger partial charge in [0.05, 0.1) is 0 Å². The second-order valence-electron chi connectivity index (χ2n) is 5.18. The van der Waals surface area contributed by atoms with E-state index in [1.165, 1.54) is 32.1 Å². The molecule has 2 heterocycles. The van der Waals surface area contributed by atoms with Crippen molar-refractivity contribution in [2.45, 2.75) is 57.9 Å². The van der Waals surface area contributed by atoms with Gasteiger partial charge in [-0.1, -0.05) is 19.4 Å². The van der Waals surface area contributed by atoms with Crippen LogP contribution in [0.3, 0.4) is 0 Å². The Hall–Kier alpha value is -0.760. The topological polar surface area (TPSA) is 16.1 Å². The summed E-state index contributed by atoms with van der Waals surface area (Å²) in [7, 11) is 0. The number of anilines is 1. The summed E-state index contributed by atoms with van der Waals surface area (Å²) in [6.07, 6.45) is 6.49. The maximum absolute atomic E-state index is 5.90. The first-order valence-corrected chi connectivity index (χ1v) is 7.58. The van der Waals surface area contributed by atoms with E-state index in [-0.39, 0.29) is 0 Å². The highest BCUT2D eigenvalue weighted by Gasteiger charge is 2.22. The fraction of sp³-hybridized carbons (Fsp3) is 0.667. The quantitative estimate of drug-likeness (QED) is 0.756. The molecule has 0 radical (unpaired) electrons. The molecule has 1 fully saturated rings. The molecule has 3 heteroatoms. The predicted octanol–water partition coefficient (Wildman–Crippen LogP) is 4.29. The Morgan fingerprint density at radius 2 is 2.22 bits per heavy atom. The van der Waals surface area contributed by atoms with Crippen LogP contribution < -0.4 is 4.90 Å². The maximum Gasteiger partial charge on any atom is 0.129 e. The van der Waals surface area contributed by atoms with Gasteiger partial charge in [-0.3, -0.25) is 0 Å². The second kappa shape index (κ2) is 6.42. The molecule has 0 aromatic carbocycles. The maximum atomic E-state index is 5.90. The fourth-order valence-corrected chi connectivity index (χ4v) is 3.10. The number of rotatable bonds is 4. The van der Waals surface area contributed by atoms with Gasteiger partial charge < -0.3 is 4.90 Å². The van der Waals surface area contributed by atoms with Gasteiger partial charge in [-0.2, -0.15) is 0 Å². The van der Waals surface area contributed by atoms with Crippen molar-refractivity contribution in [2.24, 2.45) is 0 Å². The highest BCUT2D eigenvalue weighted by molar-refractivity contribution is 6.17. The normalized spacial score (nSPS) is 20.2. The van der Waals surface area contributed by atoms with Gasteiger partial charge >= 0.3 is 0 Å². The third-order valence-corrected chi connectivity index (χ3v) is 4.16. The second-order valence-corrected chi connectivity index (χ2v) is 5.45. The van der Waals surface area contributed by atoms with E-state index in [9.17, 15) is 0 Å². The average molecular weight is 267 g/mol. The van der Waals surface area contributed by atoms with Crippen LogP contribution in [0.15, 0.2) is 12.1 Å². The molecule has 1 saturated heterocycles. The molecule has 2 rings (SSSR count). The molecule has 2 nitrogen and oxygen atoms in total. The highest BCUT2D eigenvalue weighted by Crippen LogP contribution is 2.26. The van der Waals surface area contributed by atoms with Crippen LogP contribution >= 0.6 is 11.6 Å². The standard InChI is InChI=1S/C15H23ClN2/c1-3-6-14-7-4-5-10-18(14)15-9-8-13(11-16)12(2)17-15/h8-9,14H,3-7,10-11H2,1-2H3. The van der Waals surface area contributed by atoms with Crippen molar-refractivity contribution in [3.63, 3.8) is 0 Å². The SMILES string of the molecule is CCCC1CCCCN1c1ccc(CCl)c(C)n1. The van der Waals surface area contributed by atoms with Gasteiger partial charge in [0.15, 0.2) is 0 Å². The predicted molar refractivity (Wildman–Crippen MR) is 78.4 cm³/mol. The molecule has 1 unspecified atom stereocenters. The van der Waals surface area contributed by atoms with Gasteiger partial charge in [0, 0.05) is 24.2 Å². The van der Waals surface area contributed by atoms with E-state index < -0.39 is 0 Å². The molecule has 1 aliphatic rings. The molecule has 0 amide bonds. The molecule has 100 valence electrons. The smallest absolute Gasteiger partial charge is 0.129 e. The lowest BCUT2D eigenvalue weighted by Crippen LogP contribution is -2.40. The molecular formula is C15H23ClN2. The molecule has 0 aliphatic carbocycles. The Morgan fingerprint density at radius 1 is 1.39 bits per heavy atom. The summed E-state index contributed by atoms with van der Waals surface area (Å²) in [5, 5.41) is 0. The zero-order valence-corrected chi connectivity index (χ0v) is 12.2. The van der Waals surface area contributed by atoms with Gasteiger partial charge in [0.1, 0.15) is 5.82 Å². The van der Waals surface area contributed by atoms with Crippen molar-refractivity contribution >= 4 is 17.4 Å². The minimum Gasteiger partial charge on any atom is -0.354 e. The van der Waals surface area contributed by atoms with Gasteiger partial charge in [-0.05, 0) is 44.2 Å². The van der Waals surface area contributed by atoms with E-state index >= 15 is 0 Å². The summed E-state index contributed by atoms with van der Waals surface area (Å²) < 4.78 is 0. The van der Waals surface area contributed by atoms with Crippen molar-refractivity contribution < 1.29 is 0 Å². The van der Waals surface area contributed by atoms with Crippen molar-refractivity contribution in [1.82, 2.24) is 4.98 Å². The van der Waals surface area contributed by atoms with Crippen molar-refractivity contribution in [3.05, 3.63) is 23.4 Å². The summed E-state index contributed by atoms with van der Waals surface area (Å²) in [6.45, 7) is 5.47. The number of hydrogen-bond acceptors (Lipinski definition) is 2. The van der Waals surface area contributed by atoms with E-state index in [2.05, 4.69) is 30.9 Å². The average Bonchev–Trinajstić information content (AvgIpc) is 2.40. The first-order chi connectivity index (χ1) is 8.76. The summed E-state index contributed by atoms with van der Waals surface area (Å²) in [5.41, 5.74) is 2.22. The Labute approximate surface area is 115 Å². The molecule has 0 spiro atoms. The number of hydrogen-bond donors (Lipinski definition) is 0. The van der Waals surface area contributed by atoms with Crippen molar-refractivity contribution in [1.29, 1.82) is 0 Å². The number of piperidine rings is 1. The Balaban J connectivity index is 2.19. The largest absolute Gasteiger partial charge is 0.354 e. The molecule has 1 aromatic heterocycles. The third kappa shape index (κ3) is 2.97. The monoisotopic (exact) mass is 266 g/mol. The molecule has 0 saturated carbocycles. The van der Waals surface area contributed by atoms with Crippen LogP contribution in [0.5, 0.6) is 0 Å². The van der Waals surface area contributed by atoms with Crippen LogP contribution in [0.1, 0.15) is 50.3 Å². The highest BCUT2D eigenvalue weighted by atomic mass is 35.5. The van der Waals surface area contributed by atoms with E-state index in [0.717, 1.165) is 23.6 Å². The molecule has 0 bridgehead atoms. The number of aromatic nitrogens is 1. The summed E-state index contributed by atoms with van der Waals surface area (Å²) in [4.78, 5) is 7.24. The van der Waals surface area contributed by atoms with Gasteiger partial charge in [-0.15, -0.1) is 11.6 Å². The first-order valence-electron chi connectivity index (χ1n) is 7.05. The van der Waals surface area contributed by atoms with Crippen LogP contribution in [-0.4, -0.2) is 17.6 Å². The van der Waals surface area contributed by atoms with Crippen LogP contribution in [-0.2, 0) is 5.88 Å². The van der Waals surface area contributed by atoms with Crippen LogP contribution in [0.25, 0.3) is 0 Å². The number of nitrogens with zero attached hydrogens (tertiary/aromatic N) is 2. The zero-order chi connectivity index (χ0) is 13.0. The summed E-state index contributed by atoms with van der Waals surface area (Å²) in [5.74, 6) is 1.69. The van der Waals surface area contributed by atoms with Crippen molar-refractivity contribution in [2.75, 3.05) is 11.4 Å². The third-order valence-electron chi connectivity index (χ3n) is 3.87. The Bertz CT molecular complexity index is 390. The summed E-state index contributed by atoms with van der Waals surface area (Å²) >= 11 is 5.90. The molecular weight excluding hydrogens is 244 g/mol. The van der Waals surface area contributed by atoms with Gasteiger partial charge in [0.2, 0.25) is 0 Å². The van der Waals surface area contributed by atoms with E-state index in [4.69, 9.17) is 16.6 Å². The lowest BCUT2D eigenvalue weighted by atomic mass is 9.98. The Morgan fingerprint density at radius 3 is 2.89 bits per heavy atom. The molecule has 1 aliphatic heterocycles. The lowest BCUT2D eigenvalue weighted by molar-refractivity contribution is 0.431. The lowest BCUT2D eigenvalue weighted by Gasteiger charge is -2.37. The van der Waals surface area contributed by atoms with Gasteiger partial charge in [-0.25, -0.2) is 4.98 Å². The minimum absolute atomic E-state index is 0.553. The summed E-state index contributed by atoms with van der Waals surface area (Å²) in [6, 6.07) is 4.94. The first kappa shape index (κ1) is 13.7. The zero-order valence-electron chi connectivity index (χ0n) is 11.5.